The summed E-state index contributed by atoms with van der Waals surface area (Å²) in [5.74, 6) is -0.102. The minimum absolute atomic E-state index is 0. The molecule has 2 aromatic rings. The molecule has 1 unspecified atom stereocenters. The Morgan fingerprint density at radius 3 is 2.41 bits per heavy atom. The number of nitrogens with one attached hydrogen (secondary N) is 2. The summed E-state index contributed by atoms with van der Waals surface area (Å²) >= 11 is 0. The minimum atomic E-state index is -3.70. The van der Waals surface area contributed by atoms with Crippen molar-refractivity contribution >= 4 is 34.0 Å². The van der Waals surface area contributed by atoms with Crippen molar-refractivity contribution in [3.8, 4) is 0 Å². The molecule has 8 heteroatoms. The van der Waals surface area contributed by atoms with Crippen molar-refractivity contribution in [1.29, 1.82) is 0 Å². The first-order valence-corrected chi connectivity index (χ1v) is 10.0. The van der Waals surface area contributed by atoms with E-state index >= 15 is 0 Å². The van der Waals surface area contributed by atoms with Gasteiger partial charge in [-0.1, -0.05) is 18.2 Å². The third kappa shape index (κ3) is 4.80. The number of aryl methyl sites for hydroxylation is 1. The van der Waals surface area contributed by atoms with Gasteiger partial charge in [0.25, 0.3) is 15.9 Å². The number of benzene rings is 2. The molecule has 146 valence electrons. The van der Waals surface area contributed by atoms with E-state index in [1.807, 2.05) is 19.1 Å². The van der Waals surface area contributed by atoms with Crippen LogP contribution < -0.4 is 10.0 Å². The molecule has 6 nitrogen and oxygen atoms in total. The van der Waals surface area contributed by atoms with Crippen molar-refractivity contribution < 1.29 is 13.2 Å². The average Bonchev–Trinajstić information content (AvgIpc) is 3.17. The van der Waals surface area contributed by atoms with E-state index in [1.165, 1.54) is 12.1 Å². The fourth-order valence-corrected chi connectivity index (χ4v) is 4.14. The van der Waals surface area contributed by atoms with Crippen LogP contribution in [0.1, 0.15) is 22.3 Å². The molecule has 1 amide bonds. The molecule has 0 aromatic heterocycles. The number of likely N-dealkylation sites (N-methyl/N-ethyl adjacent to an activating group) is 1. The summed E-state index contributed by atoms with van der Waals surface area (Å²) in [7, 11) is -1.92. The SMILES string of the molecule is Cc1ccccc1NS(=O)(=O)c1ccc(C(=O)N(C)C2CCNC2)cc1.Cl. The highest BCUT2D eigenvalue weighted by Gasteiger charge is 2.24. The van der Waals surface area contributed by atoms with Gasteiger partial charge in [-0.3, -0.25) is 9.52 Å². The molecule has 2 N–H and O–H groups in total. The average molecular weight is 410 g/mol. The van der Waals surface area contributed by atoms with Crippen LogP contribution in [-0.2, 0) is 10.0 Å². The lowest BCUT2D eigenvalue weighted by molar-refractivity contribution is 0.0743. The monoisotopic (exact) mass is 409 g/mol. The van der Waals surface area contributed by atoms with Crippen LogP contribution in [0.2, 0.25) is 0 Å². The summed E-state index contributed by atoms with van der Waals surface area (Å²) in [6.45, 7) is 3.53. The number of para-hydroxylation sites is 1. The maximum Gasteiger partial charge on any atom is 0.261 e. The highest BCUT2D eigenvalue weighted by atomic mass is 35.5. The summed E-state index contributed by atoms with van der Waals surface area (Å²) in [5.41, 5.74) is 1.87. The molecule has 0 spiro atoms. The summed E-state index contributed by atoms with van der Waals surface area (Å²) < 4.78 is 27.7. The third-order valence-electron chi connectivity index (χ3n) is 4.70. The molecular formula is C19H24ClN3O3S. The highest BCUT2D eigenvalue weighted by Crippen LogP contribution is 2.20. The number of hydrogen-bond donors (Lipinski definition) is 2. The predicted octanol–water partition coefficient (Wildman–Crippen LogP) is 2.65. The van der Waals surface area contributed by atoms with Gasteiger partial charge in [0.2, 0.25) is 0 Å². The molecule has 0 bridgehead atoms. The number of sulfonamides is 1. The van der Waals surface area contributed by atoms with Crippen LogP contribution in [0, 0.1) is 6.92 Å². The first-order chi connectivity index (χ1) is 12.4. The van der Waals surface area contributed by atoms with E-state index in [-0.39, 0.29) is 29.3 Å². The molecule has 27 heavy (non-hydrogen) atoms. The molecule has 1 aliphatic rings. The number of anilines is 1. The van der Waals surface area contributed by atoms with Crippen LogP contribution in [0.25, 0.3) is 0 Å². The lowest BCUT2D eigenvalue weighted by atomic mass is 10.1. The van der Waals surface area contributed by atoms with Gasteiger partial charge in [-0.05, 0) is 55.8 Å². The normalized spacial score (nSPS) is 16.4. The summed E-state index contributed by atoms with van der Waals surface area (Å²) in [6, 6.07) is 13.4. The summed E-state index contributed by atoms with van der Waals surface area (Å²) in [4.78, 5) is 14.4. The zero-order chi connectivity index (χ0) is 18.7. The molecule has 0 aliphatic carbocycles. The van der Waals surface area contributed by atoms with E-state index in [0.717, 1.165) is 25.1 Å². The van der Waals surface area contributed by atoms with Crippen molar-refractivity contribution in [1.82, 2.24) is 10.2 Å². The quantitative estimate of drug-likeness (QED) is 0.795. The molecule has 1 atom stereocenters. The molecule has 1 fully saturated rings. The van der Waals surface area contributed by atoms with Crippen molar-refractivity contribution in [2.24, 2.45) is 0 Å². The van der Waals surface area contributed by atoms with Gasteiger partial charge in [-0.25, -0.2) is 8.42 Å². The van der Waals surface area contributed by atoms with Crippen LogP contribution in [-0.4, -0.2) is 45.4 Å². The Bertz CT molecular complexity index is 895. The summed E-state index contributed by atoms with van der Waals surface area (Å²) in [6.07, 6.45) is 0.926. The van der Waals surface area contributed by atoms with Gasteiger partial charge in [0.15, 0.2) is 0 Å². The molecule has 1 aliphatic heterocycles. The van der Waals surface area contributed by atoms with Crippen LogP contribution in [0.15, 0.2) is 53.4 Å². The maximum absolute atomic E-state index is 12.6. The van der Waals surface area contributed by atoms with Gasteiger partial charge in [-0.15, -0.1) is 12.4 Å². The van der Waals surface area contributed by atoms with Gasteiger partial charge in [0.1, 0.15) is 0 Å². The number of carbonyl (C=O) groups excluding carboxylic acids is 1. The molecule has 1 saturated heterocycles. The third-order valence-corrected chi connectivity index (χ3v) is 6.08. The van der Waals surface area contributed by atoms with E-state index < -0.39 is 10.0 Å². The van der Waals surface area contributed by atoms with E-state index in [9.17, 15) is 13.2 Å². The topological polar surface area (TPSA) is 78.5 Å². The lowest BCUT2D eigenvalue weighted by Gasteiger charge is -2.23. The van der Waals surface area contributed by atoms with Crippen molar-refractivity contribution in [2.75, 3.05) is 24.9 Å². The van der Waals surface area contributed by atoms with Crippen LogP contribution in [0.5, 0.6) is 0 Å². The Kier molecular flexibility index (Phi) is 6.86. The number of halogens is 1. The van der Waals surface area contributed by atoms with E-state index in [1.54, 1.807) is 36.2 Å². The number of amides is 1. The Hall–Kier alpha value is -2.09. The minimum Gasteiger partial charge on any atom is -0.337 e. The zero-order valence-corrected chi connectivity index (χ0v) is 16.9. The van der Waals surface area contributed by atoms with Gasteiger partial charge >= 0.3 is 0 Å². The van der Waals surface area contributed by atoms with Crippen LogP contribution in [0.3, 0.4) is 0 Å². The van der Waals surface area contributed by atoms with Crippen molar-refractivity contribution in [3.63, 3.8) is 0 Å². The summed E-state index contributed by atoms with van der Waals surface area (Å²) in [5, 5.41) is 3.23. The highest BCUT2D eigenvalue weighted by molar-refractivity contribution is 7.92. The van der Waals surface area contributed by atoms with E-state index in [2.05, 4.69) is 10.0 Å². The first kappa shape index (κ1) is 21.2. The molecule has 0 saturated carbocycles. The van der Waals surface area contributed by atoms with Gasteiger partial charge in [0, 0.05) is 25.2 Å². The molecule has 3 rings (SSSR count). The smallest absolute Gasteiger partial charge is 0.261 e. The second-order valence-corrected chi connectivity index (χ2v) is 8.19. The Morgan fingerprint density at radius 1 is 1.15 bits per heavy atom. The number of nitrogens with zero attached hydrogens (tertiary/aromatic N) is 1. The van der Waals surface area contributed by atoms with Crippen molar-refractivity contribution in [2.45, 2.75) is 24.3 Å². The second-order valence-electron chi connectivity index (χ2n) is 6.51. The van der Waals surface area contributed by atoms with Crippen molar-refractivity contribution in [3.05, 3.63) is 59.7 Å². The predicted molar refractivity (Wildman–Crippen MR) is 109 cm³/mol. The molecule has 1 heterocycles. The van der Waals surface area contributed by atoms with Gasteiger partial charge in [0.05, 0.1) is 10.6 Å². The molecular weight excluding hydrogens is 386 g/mol. The Balaban J connectivity index is 0.00000261. The fraction of sp³-hybridized carbons (Fsp3) is 0.316. The lowest BCUT2D eigenvalue weighted by Crippen LogP contribution is -2.38. The first-order valence-electron chi connectivity index (χ1n) is 8.55. The molecule has 0 radical (unpaired) electrons. The zero-order valence-electron chi connectivity index (χ0n) is 15.3. The van der Waals surface area contributed by atoms with Gasteiger partial charge in [-0.2, -0.15) is 0 Å². The van der Waals surface area contributed by atoms with Gasteiger partial charge < -0.3 is 10.2 Å². The standard InChI is InChI=1S/C19H23N3O3S.ClH/c1-14-5-3-4-6-18(14)21-26(24,25)17-9-7-15(8-10-17)19(23)22(2)16-11-12-20-13-16;/h3-10,16,20-21H,11-13H2,1-2H3;1H. The fourth-order valence-electron chi connectivity index (χ4n) is 3.01. The number of carbonyl (C=O) groups is 1. The van der Waals surface area contributed by atoms with Crippen LogP contribution in [0.4, 0.5) is 5.69 Å². The Morgan fingerprint density at radius 2 is 1.81 bits per heavy atom. The van der Waals surface area contributed by atoms with E-state index in [0.29, 0.717) is 11.3 Å². The largest absolute Gasteiger partial charge is 0.337 e. The Labute approximate surface area is 166 Å². The molecule has 2 aromatic carbocycles. The van der Waals surface area contributed by atoms with E-state index in [4.69, 9.17) is 0 Å². The second kappa shape index (κ2) is 8.73. The number of rotatable bonds is 5. The number of hydrogen-bond acceptors (Lipinski definition) is 4. The maximum atomic E-state index is 12.6. The van der Waals surface area contributed by atoms with Crippen LogP contribution >= 0.6 is 12.4 Å².